The number of nitrogens with zero attached hydrogens (tertiary/aromatic N) is 3. The monoisotopic (exact) mass is 576 g/mol. The molecule has 1 N–H and O–H groups in total. The molecule has 0 aliphatic carbocycles. The van der Waals surface area contributed by atoms with Crippen LogP contribution in [-0.2, 0) is 32.2 Å². The highest BCUT2D eigenvalue weighted by Gasteiger charge is 2.36. The Balaban J connectivity index is 1.98. The molecule has 3 aromatic rings. The number of hydrogen-bond donors (Lipinski definition) is 1. The minimum Gasteiger partial charge on any atom is -0.309 e. The number of sulfonamides is 1. The number of hydrogen-bond acceptors (Lipinski definition) is 5. The summed E-state index contributed by atoms with van der Waals surface area (Å²) in [5.74, 6) is -3.55. The molecule has 1 atom stereocenters. The van der Waals surface area contributed by atoms with Gasteiger partial charge in [-0.1, -0.05) is 36.4 Å². The summed E-state index contributed by atoms with van der Waals surface area (Å²) in [7, 11) is -4.32. The Morgan fingerprint density at radius 3 is 2.30 bits per heavy atom. The van der Waals surface area contributed by atoms with Crippen LogP contribution in [0.2, 0.25) is 0 Å². The van der Waals surface area contributed by atoms with Crippen LogP contribution in [0, 0.1) is 5.92 Å². The number of carbonyl (C=O) groups excluding carboxylic acids is 2. The third-order valence-electron chi connectivity index (χ3n) is 5.93. The highest BCUT2D eigenvalue weighted by molar-refractivity contribution is 7.93. The Bertz CT molecular complexity index is 1470. The molecule has 1 unspecified atom stereocenters. The lowest BCUT2D eigenvalue weighted by molar-refractivity contribution is -0.138. The van der Waals surface area contributed by atoms with E-state index in [9.17, 15) is 31.2 Å². The molecule has 40 heavy (non-hydrogen) atoms. The third-order valence-corrected chi connectivity index (χ3v) is 6.91. The molecule has 0 saturated carbocycles. The molecule has 0 spiro atoms. The van der Waals surface area contributed by atoms with E-state index in [1.165, 1.54) is 24.4 Å². The van der Waals surface area contributed by atoms with Gasteiger partial charge in [-0.15, -0.1) is 0 Å². The van der Waals surface area contributed by atoms with Crippen LogP contribution in [-0.4, -0.2) is 36.1 Å². The second kappa shape index (κ2) is 12.5. The fourth-order valence-corrected chi connectivity index (χ4v) is 4.78. The Hall–Kier alpha value is -3.93. The van der Waals surface area contributed by atoms with E-state index in [-0.39, 0.29) is 18.2 Å². The van der Waals surface area contributed by atoms with Crippen LogP contribution < -0.4 is 9.62 Å². The number of alkyl halides is 3. The van der Waals surface area contributed by atoms with E-state index in [4.69, 9.17) is 0 Å². The minimum atomic E-state index is -4.65. The first-order valence-corrected chi connectivity index (χ1v) is 14.1. The first-order valence-electron chi connectivity index (χ1n) is 12.5. The van der Waals surface area contributed by atoms with Gasteiger partial charge in [-0.3, -0.25) is 14.3 Å². The largest absolute Gasteiger partial charge is 0.416 e. The first-order chi connectivity index (χ1) is 18.7. The summed E-state index contributed by atoms with van der Waals surface area (Å²) < 4.78 is 69.2. The maximum atomic E-state index is 13.8. The zero-order valence-electron chi connectivity index (χ0n) is 22.5. The Kier molecular flexibility index (Phi) is 9.56. The SMILES string of the molecule is CC(C)N(C(=O)C(Cc1cnn(C(C)C)c1)C(=O)NS(=O)(=O)C=Cc1ccccc1)c1cccc(C(F)(F)F)c1. The molecule has 2 aromatic carbocycles. The minimum absolute atomic E-state index is 0.0162. The molecular weight excluding hydrogens is 545 g/mol. The van der Waals surface area contributed by atoms with Gasteiger partial charge in [-0.05, 0) is 69.5 Å². The molecular formula is C28H31F3N4O4S. The average molecular weight is 577 g/mol. The van der Waals surface area contributed by atoms with Gasteiger partial charge in [0.05, 0.1) is 17.2 Å². The molecule has 3 rings (SSSR count). The molecule has 1 heterocycles. The molecule has 12 heteroatoms. The lowest BCUT2D eigenvalue weighted by Gasteiger charge is -2.30. The lowest BCUT2D eigenvalue weighted by Crippen LogP contribution is -2.48. The van der Waals surface area contributed by atoms with E-state index >= 15 is 0 Å². The number of carbonyl (C=O) groups is 2. The fraction of sp³-hybridized carbons (Fsp3) is 0.321. The Morgan fingerprint density at radius 1 is 1.05 bits per heavy atom. The van der Waals surface area contributed by atoms with E-state index in [0.29, 0.717) is 11.1 Å². The number of anilines is 1. The van der Waals surface area contributed by atoms with Gasteiger partial charge < -0.3 is 4.90 Å². The predicted octanol–water partition coefficient (Wildman–Crippen LogP) is 5.20. The summed E-state index contributed by atoms with van der Waals surface area (Å²) in [6.45, 7) is 6.93. The predicted molar refractivity (Wildman–Crippen MR) is 146 cm³/mol. The second-order valence-electron chi connectivity index (χ2n) is 9.75. The number of halogens is 3. The summed E-state index contributed by atoms with van der Waals surface area (Å²) in [5.41, 5.74) is 0.0189. The average Bonchev–Trinajstić information content (AvgIpc) is 3.35. The summed E-state index contributed by atoms with van der Waals surface area (Å²) >= 11 is 0. The number of aromatic nitrogens is 2. The molecule has 2 amide bonds. The summed E-state index contributed by atoms with van der Waals surface area (Å²) in [5, 5.41) is 5.02. The maximum Gasteiger partial charge on any atom is 0.416 e. The van der Waals surface area contributed by atoms with Gasteiger partial charge in [-0.2, -0.15) is 18.3 Å². The van der Waals surface area contributed by atoms with E-state index in [1.54, 1.807) is 55.1 Å². The van der Waals surface area contributed by atoms with Crippen molar-refractivity contribution in [3.8, 4) is 0 Å². The van der Waals surface area contributed by atoms with Crippen LogP contribution in [0.1, 0.15) is 50.4 Å². The molecule has 1 aromatic heterocycles. The molecule has 0 radical (unpaired) electrons. The van der Waals surface area contributed by atoms with Crippen LogP contribution >= 0.6 is 0 Å². The van der Waals surface area contributed by atoms with E-state index in [1.807, 2.05) is 18.6 Å². The maximum absolute atomic E-state index is 13.8. The zero-order valence-corrected chi connectivity index (χ0v) is 23.3. The van der Waals surface area contributed by atoms with Gasteiger partial charge in [-0.25, -0.2) is 13.1 Å². The van der Waals surface area contributed by atoms with E-state index < -0.39 is 45.5 Å². The van der Waals surface area contributed by atoms with Crippen molar-refractivity contribution >= 4 is 33.6 Å². The topological polar surface area (TPSA) is 101 Å². The van der Waals surface area contributed by atoms with Crippen molar-refractivity contribution in [3.05, 3.63) is 89.1 Å². The molecule has 8 nitrogen and oxygen atoms in total. The van der Waals surface area contributed by atoms with E-state index in [2.05, 4.69) is 5.10 Å². The number of nitrogens with one attached hydrogen (secondary N) is 1. The number of rotatable bonds is 10. The molecule has 214 valence electrons. The van der Waals surface area contributed by atoms with Crippen LogP contribution in [0.25, 0.3) is 6.08 Å². The lowest BCUT2D eigenvalue weighted by atomic mass is 9.98. The van der Waals surface area contributed by atoms with Crippen LogP contribution in [0.4, 0.5) is 18.9 Å². The zero-order chi connectivity index (χ0) is 29.7. The van der Waals surface area contributed by atoms with Gasteiger partial charge in [0.15, 0.2) is 0 Å². The van der Waals surface area contributed by atoms with E-state index in [0.717, 1.165) is 22.4 Å². The fourth-order valence-electron chi connectivity index (χ4n) is 3.95. The summed E-state index contributed by atoms with van der Waals surface area (Å²) in [6.07, 6.45) is -0.490. The van der Waals surface area contributed by atoms with Gasteiger partial charge in [0, 0.05) is 24.0 Å². The molecule has 0 fully saturated rings. The van der Waals surface area contributed by atoms with Crippen molar-refractivity contribution in [1.29, 1.82) is 0 Å². The molecule has 0 bridgehead atoms. The number of benzene rings is 2. The second-order valence-corrected chi connectivity index (χ2v) is 11.3. The van der Waals surface area contributed by atoms with Crippen molar-refractivity contribution in [2.24, 2.45) is 5.92 Å². The quantitative estimate of drug-likeness (QED) is 0.335. The molecule has 0 saturated heterocycles. The van der Waals surface area contributed by atoms with Crippen molar-refractivity contribution in [2.45, 2.75) is 52.4 Å². The molecule has 0 aliphatic heterocycles. The first kappa shape index (κ1) is 30.6. The normalized spacial score (nSPS) is 13.1. The van der Waals surface area contributed by atoms with Gasteiger partial charge in [0.25, 0.3) is 10.0 Å². The van der Waals surface area contributed by atoms with Crippen molar-refractivity contribution in [2.75, 3.05) is 4.90 Å². The van der Waals surface area contributed by atoms with Gasteiger partial charge in [0.2, 0.25) is 11.8 Å². The van der Waals surface area contributed by atoms with Crippen LogP contribution in [0.15, 0.2) is 72.4 Å². The standard InChI is InChI=1S/C28H31F3N4O4S/c1-19(2)34-18-22(17-32-34)15-25(26(36)33-40(38,39)14-13-21-9-6-5-7-10-21)27(37)35(20(3)4)24-12-8-11-23(16-24)28(29,30)31/h5-14,16-20,25H,15H2,1-4H3,(H,33,36). The highest BCUT2D eigenvalue weighted by atomic mass is 32.2. The van der Waals surface area contributed by atoms with Crippen molar-refractivity contribution in [3.63, 3.8) is 0 Å². The van der Waals surface area contributed by atoms with Crippen LogP contribution in [0.5, 0.6) is 0 Å². The molecule has 0 aliphatic rings. The van der Waals surface area contributed by atoms with Gasteiger partial charge >= 0.3 is 6.18 Å². The third kappa shape index (κ3) is 8.04. The summed E-state index contributed by atoms with van der Waals surface area (Å²) in [6, 6.07) is 12.1. The van der Waals surface area contributed by atoms with Crippen molar-refractivity contribution in [1.82, 2.24) is 14.5 Å². The highest BCUT2D eigenvalue weighted by Crippen LogP contribution is 2.33. The Morgan fingerprint density at radius 2 is 1.73 bits per heavy atom. The Labute approximate surface area is 231 Å². The smallest absolute Gasteiger partial charge is 0.309 e. The van der Waals surface area contributed by atoms with Crippen LogP contribution in [0.3, 0.4) is 0 Å². The number of amides is 2. The van der Waals surface area contributed by atoms with Gasteiger partial charge in [0.1, 0.15) is 5.92 Å². The summed E-state index contributed by atoms with van der Waals surface area (Å²) in [4.78, 5) is 28.3. The van der Waals surface area contributed by atoms with Crippen molar-refractivity contribution < 1.29 is 31.2 Å².